The fourth-order valence-corrected chi connectivity index (χ4v) is 4.63. The minimum atomic E-state index is -1.10. The highest BCUT2D eigenvalue weighted by atomic mass is 32.1. The van der Waals surface area contributed by atoms with Crippen LogP contribution in [-0.4, -0.2) is 22.9 Å². The molecule has 170 valence electrons. The van der Waals surface area contributed by atoms with Crippen LogP contribution < -0.4 is 9.64 Å². The maximum atomic E-state index is 14.6. The molecule has 1 amide bonds. The van der Waals surface area contributed by atoms with Crippen molar-refractivity contribution in [3.8, 4) is 5.75 Å². The van der Waals surface area contributed by atoms with Gasteiger partial charge in [0, 0.05) is 16.5 Å². The maximum Gasteiger partial charge on any atom is 0.300 e. The molecule has 0 saturated carbocycles. The van der Waals surface area contributed by atoms with E-state index >= 15 is 0 Å². The maximum absolute atomic E-state index is 14.6. The predicted octanol–water partition coefficient (Wildman–Crippen LogP) is 5.75. The number of amides is 1. The number of rotatable bonds is 5. The SMILES string of the molecule is Cc1cc(/C(O)=C2/C(=O)C(=O)N(c3cc(F)ccc3F)C2c2cccs2)ccc1OC(C)C. The number of Topliss-reactive ketones (excluding diaryl/α,β-unsaturated/α-hetero) is 1. The Bertz CT molecular complexity index is 1270. The van der Waals surface area contributed by atoms with Gasteiger partial charge in [0.1, 0.15) is 29.2 Å². The van der Waals surface area contributed by atoms with Crippen LogP contribution in [0.3, 0.4) is 0 Å². The van der Waals surface area contributed by atoms with Crippen LogP contribution in [0.4, 0.5) is 14.5 Å². The molecule has 1 fully saturated rings. The first-order chi connectivity index (χ1) is 15.7. The first-order valence-corrected chi connectivity index (χ1v) is 11.1. The number of carbonyl (C=O) groups excluding carboxylic acids is 2. The summed E-state index contributed by atoms with van der Waals surface area (Å²) in [6.07, 6.45) is -0.0477. The lowest BCUT2D eigenvalue weighted by Gasteiger charge is -2.24. The molecule has 5 nitrogen and oxygen atoms in total. The van der Waals surface area contributed by atoms with E-state index in [2.05, 4.69) is 0 Å². The van der Waals surface area contributed by atoms with Crippen molar-refractivity contribution in [2.45, 2.75) is 32.9 Å². The van der Waals surface area contributed by atoms with E-state index in [0.29, 0.717) is 16.2 Å². The highest BCUT2D eigenvalue weighted by molar-refractivity contribution is 7.10. The molecule has 2 aromatic carbocycles. The molecule has 0 bridgehead atoms. The van der Waals surface area contributed by atoms with Gasteiger partial charge in [0.25, 0.3) is 11.7 Å². The first kappa shape index (κ1) is 22.7. The summed E-state index contributed by atoms with van der Waals surface area (Å²) in [6.45, 7) is 5.58. The Labute approximate surface area is 193 Å². The highest BCUT2D eigenvalue weighted by Gasteiger charge is 2.48. The molecule has 0 spiro atoms. The third-order valence-electron chi connectivity index (χ3n) is 5.24. The summed E-state index contributed by atoms with van der Waals surface area (Å²) < 4.78 is 34.3. The summed E-state index contributed by atoms with van der Waals surface area (Å²) in [5.74, 6) is -3.41. The molecule has 33 heavy (non-hydrogen) atoms. The van der Waals surface area contributed by atoms with Crippen LogP contribution in [0.25, 0.3) is 5.76 Å². The van der Waals surface area contributed by atoms with Crippen molar-refractivity contribution in [2.75, 3.05) is 4.90 Å². The van der Waals surface area contributed by atoms with Crippen LogP contribution in [-0.2, 0) is 9.59 Å². The monoisotopic (exact) mass is 469 g/mol. The van der Waals surface area contributed by atoms with Gasteiger partial charge in [0.15, 0.2) is 0 Å². The van der Waals surface area contributed by atoms with Gasteiger partial charge < -0.3 is 9.84 Å². The van der Waals surface area contributed by atoms with Gasteiger partial charge in [-0.3, -0.25) is 14.5 Å². The van der Waals surface area contributed by atoms with Gasteiger partial charge in [-0.15, -0.1) is 11.3 Å². The van der Waals surface area contributed by atoms with Crippen molar-refractivity contribution in [2.24, 2.45) is 0 Å². The number of hydrogen-bond donors (Lipinski definition) is 1. The van der Waals surface area contributed by atoms with Crippen molar-refractivity contribution < 1.29 is 28.2 Å². The summed E-state index contributed by atoms with van der Waals surface area (Å²) in [7, 11) is 0. The first-order valence-electron chi connectivity index (χ1n) is 10.3. The van der Waals surface area contributed by atoms with E-state index in [1.807, 2.05) is 13.8 Å². The van der Waals surface area contributed by atoms with Crippen LogP contribution in [0.1, 0.15) is 35.9 Å². The van der Waals surface area contributed by atoms with Crippen molar-refractivity contribution in [3.63, 3.8) is 0 Å². The molecule has 0 radical (unpaired) electrons. The van der Waals surface area contributed by atoms with Crippen molar-refractivity contribution >= 4 is 34.5 Å². The smallest absolute Gasteiger partial charge is 0.300 e. The Morgan fingerprint density at radius 1 is 1.12 bits per heavy atom. The summed E-state index contributed by atoms with van der Waals surface area (Å²) >= 11 is 1.23. The van der Waals surface area contributed by atoms with E-state index in [9.17, 15) is 23.5 Å². The van der Waals surface area contributed by atoms with Gasteiger partial charge >= 0.3 is 0 Å². The molecule has 1 N–H and O–H groups in total. The topological polar surface area (TPSA) is 66.8 Å². The zero-order chi connectivity index (χ0) is 23.9. The Kier molecular flexibility index (Phi) is 6.03. The molecule has 8 heteroatoms. The number of aliphatic hydroxyl groups is 1. The zero-order valence-corrected chi connectivity index (χ0v) is 19.0. The lowest BCUT2D eigenvalue weighted by molar-refractivity contribution is -0.132. The molecule has 2 heterocycles. The lowest BCUT2D eigenvalue weighted by Crippen LogP contribution is -2.30. The summed E-state index contributed by atoms with van der Waals surface area (Å²) in [4.78, 5) is 27.5. The lowest BCUT2D eigenvalue weighted by atomic mass is 9.98. The molecule has 4 rings (SSSR count). The highest BCUT2D eigenvalue weighted by Crippen LogP contribution is 2.44. The second kappa shape index (κ2) is 8.78. The number of aryl methyl sites for hydroxylation is 1. The summed E-state index contributed by atoms with van der Waals surface area (Å²) in [6, 6.07) is 9.87. The summed E-state index contributed by atoms with van der Waals surface area (Å²) in [5, 5.41) is 12.9. The van der Waals surface area contributed by atoms with Crippen LogP contribution in [0.2, 0.25) is 0 Å². The predicted molar refractivity (Wildman–Crippen MR) is 122 cm³/mol. The molecule has 0 aliphatic carbocycles. The van der Waals surface area contributed by atoms with E-state index in [4.69, 9.17) is 4.74 Å². The van der Waals surface area contributed by atoms with Crippen molar-refractivity contribution in [1.82, 2.24) is 0 Å². The van der Waals surface area contributed by atoms with Gasteiger partial charge in [-0.25, -0.2) is 8.78 Å². The van der Waals surface area contributed by atoms with Gasteiger partial charge in [0.05, 0.1) is 17.4 Å². The minimum Gasteiger partial charge on any atom is -0.507 e. The van der Waals surface area contributed by atoms with Crippen molar-refractivity contribution in [3.05, 3.63) is 87.1 Å². The van der Waals surface area contributed by atoms with Crippen LogP contribution in [0, 0.1) is 18.6 Å². The molecular weight excluding hydrogens is 448 g/mol. The zero-order valence-electron chi connectivity index (χ0n) is 18.1. The Morgan fingerprint density at radius 3 is 2.52 bits per heavy atom. The fraction of sp³-hybridized carbons (Fsp3) is 0.200. The summed E-state index contributed by atoms with van der Waals surface area (Å²) in [5.41, 5.74) is 0.475. The molecule has 1 aliphatic heterocycles. The number of thiophene rings is 1. The molecule has 1 atom stereocenters. The number of benzene rings is 2. The average molecular weight is 470 g/mol. The standard InChI is InChI=1S/C25H21F2NO4S/c1-13(2)32-19-9-6-15(11-14(19)3)23(29)21-22(20-5-4-10-33-20)28(25(31)24(21)30)18-12-16(26)7-8-17(18)27/h4-13,22,29H,1-3H3/b23-21-. The average Bonchev–Trinajstić information content (AvgIpc) is 3.38. The number of anilines is 1. The number of ketones is 1. The van der Waals surface area contributed by atoms with E-state index in [-0.39, 0.29) is 17.4 Å². The molecule has 3 aromatic rings. The van der Waals surface area contributed by atoms with E-state index < -0.39 is 35.1 Å². The second-order valence-corrected chi connectivity index (χ2v) is 8.91. The Morgan fingerprint density at radius 2 is 1.88 bits per heavy atom. The number of ether oxygens (including phenoxy) is 1. The fourth-order valence-electron chi connectivity index (χ4n) is 3.81. The van der Waals surface area contributed by atoms with Crippen LogP contribution in [0.5, 0.6) is 5.75 Å². The molecule has 1 unspecified atom stereocenters. The van der Waals surface area contributed by atoms with Gasteiger partial charge in [-0.05, 0) is 68.1 Å². The Hall–Kier alpha value is -3.52. The number of halogens is 2. The largest absolute Gasteiger partial charge is 0.507 e. The number of aliphatic hydroxyl groups excluding tert-OH is 1. The second-order valence-electron chi connectivity index (χ2n) is 7.93. The number of carbonyl (C=O) groups is 2. The van der Waals surface area contributed by atoms with Crippen LogP contribution >= 0.6 is 11.3 Å². The van der Waals surface area contributed by atoms with E-state index in [1.165, 1.54) is 11.3 Å². The minimum absolute atomic E-state index is 0.0477. The van der Waals surface area contributed by atoms with E-state index in [0.717, 1.165) is 28.7 Å². The van der Waals surface area contributed by atoms with Crippen molar-refractivity contribution in [1.29, 1.82) is 0 Å². The molecular formula is C25H21F2NO4S. The van der Waals surface area contributed by atoms with Gasteiger partial charge in [-0.1, -0.05) is 6.07 Å². The molecule has 1 aromatic heterocycles. The quantitative estimate of drug-likeness (QED) is 0.294. The third-order valence-corrected chi connectivity index (χ3v) is 6.16. The number of hydrogen-bond acceptors (Lipinski definition) is 5. The van der Waals surface area contributed by atoms with Crippen LogP contribution in [0.15, 0.2) is 59.5 Å². The van der Waals surface area contributed by atoms with Gasteiger partial charge in [-0.2, -0.15) is 0 Å². The third kappa shape index (κ3) is 4.14. The van der Waals surface area contributed by atoms with E-state index in [1.54, 1.807) is 42.6 Å². The molecule has 1 aliphatic rings. The number of nitrogens with zero attached hydrogens (tertiary/aromatic N) is 1. The normalized spacial score (nSPS) is 17.8. The Balaban J connectivity index is 1.89. The molecule has 1 saturated heterocycles. The van der Waals surface area contributed by atoms with Gasteiger partial charge in [0.2, 0.25) is 0 Å².